The molecule has 0 fully saturated rings. The van der Waals surface area contributed by atoms with Gasteiger partial charge >= 0.3 is 12.5 Å². The van der Waals surface area contributed by atoms with E-state index in [9.17, 15) is 30.7 Å². The number of aromatic nitrogens is 1. The summed E-state index contributed by atoms with van der Waals surface area (Å²) in [7, 11) is 0. The molecule has 1 rings (SSSR count). The van der Waals surface area contributed by atoms with E-state index in [1.54, 1.807) is 0 Å². The molecule has 0 saturated heterocycles. The second-order valence-electron chi connectivity index (χ2n) is 2.83. The molecule has 1 heterocycles. The summed E-state index contributed by atoms with van der Waals surface area (Å²) in [5.41, 5.74) is -3.39. The summed E-state index contributed by atoms with van der Waals surface area (Å²) >= 11 is 0. The van der Waals surface area contributed by atoms with Gasteiger partial charge in [-0.15, -0.1) is 13.2 Å². The van der Waals surface area contributed by atoms with Gasteiger partial charge in [0.05, 0.1) is 5.56 Å². The van der Waals surface area contributed by atoms with E-state index in [4.69, 9.17) is 5.26 Å². The van der Waals surface area contributed by atoms with Crippen LogP contribution in [0.2, 0.25) is 0 Å². The molecule has 98 valence electrons. The van der Waals surface area contributed by atoms with E-state index in [2.05, 4.69) is 9.72 Å². The van der Waals surface area contributed by atoms with E-state index in [-0.39, 0.29) is 6.07 Å². The number of ether oxygens (including phenoxy) is 1. The number of nitrogens with zero attached hydrogens (tertiary/aromatic N) is 2. The van der Waals surface area contributed by atoms with Crippen LogP contribution >= 0.6 is 0 Å². The van der Waals surface area contributed by atoms with Crippen LogP contribution in [0, 0.1) is 17.3 Å². The van der Waals surface area contributed by atoms with Gasteiger partial charge in [-0.25, -0.2) is 0 Å². The zero-order valence-electron chi connectivity index (χ0n) is 8.03. The first kappa shape index (κ1) is 14.0. The van der Waals surface area contributed by atoms with Crippen molar-refractivity contribution in [2.24, 2.45) is 0 Å². The Kier molecular flexibility index (Phi) is 3.36. The van der Waals surface area contributed by atoms with Crippen LogP contribution in [0.1, 0.15) is 11.1 Å². The molecule has 3 nitrogen and oxygen atoms in total. The van der Waals surface area contributed by atoms with E-state index < -0.39 is 35.5 Å². The minimum atomic E-state index is -5.32. The van der Waals surface area contributed by atoms with Crippen molar-refractivity contribution in [1.29, 1.82) is 5.26 Å². The predicted octanol–water partition coefficient (Wildman–Crippen LogP) is 3.01. The first-order valence-corrected chi connectivity index (χ1v) is 3.98. The molecule has 0 aliphatic heterocycles. The molecule has 0 atom stereocenters. The molecule has 0 aliphatic carbocycles. The largest absolute Gasteiger partial charge is 0.574 e. The fourth-order valence-corrected chi connectivity index (χ4v) is 0.992. The van der Waals surface area contributed by atoms with Gasteiger partial charge in [-0.2, -0.15) is 27.8 Å². The molecule has 0 spiro atoms. The average Bonchev–Trinajstić information content (AvgIpc) is 2.12. The highest BCUT2D eigenvalue weighted by Gasteiger charge is 2.38. The van der Waals surface area contributed by atoms with Gasteiger partial charge in [-0.05, 0) is 0 Å². The number of pyridine rings is 1. The molecular weight excluding hydrogens is 273 g/mol. The van der Waals surface area contributed by atoms with Gasteiger partial charge in [0.25, 0.3) is 0 Å². The Balaban J connectivity index is 3.37. The summed E-state index contributed by atoms with van der Waals surface area (Å²) in [6, 6.07) is 0.667. The number of rotatable bonds is 1. The third-order valence-electron chi connectivity index (χ3n) is 1.59. The van der Waals surface area contributed by atoms with Crippen LogP contribution in [0.3, 0.4) is 0 Å². The molecule has 18 heavy (non-hydrogen) atoms. The fraction of sp³-hybridized carbons (Fsp3) is 0.250. The maximum atomic E-state index is 12.9. The number of nitriles is 1. The Hall–Kier alpha value is -2.05. The highest BCUT2D eigenvalue weighted by Crippen LogP contribution is 2.35. The molecule has 0 unspecified atom stereocenters. The van der Waals surface area contributed by atoms with Crippen LogP contribution in [-0.4, -0.2) is 11.3 Å². The van der Waals surface area contributed by atoms with Gasteiger partial charge in [-0.3, -0.25) is 0 Å². The van der Waals surface area contributed by atoms with Crippen molar-refractivity contribution < 1.29 is 35.5 Å². The number of alkyl halides is 6. The van der Waals surface area contributed by atoms with Crippen molar-refractivity contribution in [2.75, 3.05) is 0 Å². The SMILES string of the molecule is N#Cc1c(C(F)(F)F)cc(OC(F)(F)F)nc1F. The van der Waals surface area contributed by atoms with E-state index in [0.717, 1.165) is 6.07 Å². The molecule has 0 N–H and O–H groups in total. The topological polar surface area (TPSA) is 45.9 Å². The van der Waals surface area contributed by atoms with Gasteiger partial charge in [-0.1, -0.05) is 0 Å². The number of halogens is 7. The minimum absolute atomic E-state index is 0.199. The second kappa shape index (κ2) is 4.32. The lowest BCUT2D eigenvalue weighted by Crippen LogP contribution is -2.20. The van der Waals surface area contributed by atoms with Crippen LogP contribution in [0.15, 0.2) is 6.07 Å². The maximum absolute atomic E-state index is 12.9. The highest BCUT2D eigenvalue weighted by atomic mass is 19.4. The number of hydrogen-bond acceptors (Lipinski definition) is 3. The van der Waals surface area contributed by atoms with Gasteiger partial charge in [0.2, 0.25) is 11.8 Å². The lowest BCUT2D eigenvalue weighted by atomic mass is 10.1. The Bertz CT molecular complexity index is 500. The Labute approximate surface area is 94.4 Å². The average molecular weight is 274 g/mol. The molecule has 1 aromatic heterocycles. The first-order chi connectivity index (χ1) is 8.04. The standard InChI is InChI=1S/C8HF7N2O/c9-6-3(2-16)4(7(10,11)12)1-5(17-6)18-8(13,14)15/h1H. The fourth-order valence-electron chi connectivity index (χ4n) is 0.992. The van der Waals surface area contributed by atoms with Crippen molar-refractivity contribution in [1.82, 2.24) is 4.98 Å². The summed E-state index contributed by atoms with van der Waals surface area (Å²) < 4.78 is 88.3. The Morgan fingerprint density at radius 1 is 1.17 bits per heavy atom. The van der Waals surface area contributed by atoms with Crippen molar-refractivity contribution in [3.05, 3.63) is 23.1 Å². The summed E-state index contributed by atoms with van der Waals surface area (Å²) in [6.07, 6.45) is -10.5. The Morgan fingerprint density at radius 2 is 1.72 bits per heavy atom. The van der Waals surface area contributed by atoms with Crippen LogP contribution in [-0.2, 0) is 6.18 Å². The predicted molar refractivity (Wildman–Crippen MR) is 40.6 cm³/mol. The van der Waals surface area contributed by atoms with E-state index >= 15 is 0 Å². The minimum Gasteiger partial charge on any atom is -0.388 e. The summed E-state index contributed by atoms with van der Waals surface area (Å²) in [4.78, 5) is 2.47. The van der Waals surface area contributed by atoms with Crippen molar-refractivity contribution in [2.45, 2.75) is 12.5 Å². The zero-order valence-corrected chi connectivity index (χ0v) is 8.03. The van der Waals surface area contributed by atoms with Crippen molar-refractivity contribution in [3.8, 4) is 11.9 Å². The molecular formula is C8HF7N2O. The second-order valence-corrected chi connectivity index (χ2v) is 2.83. The first-order valence-electron chi connectivity index (χ1n) is 3.98. The van der Waals surface area contributed by atoms with Crippen LogP contribution < -0.4 is 4.74 Å². The molecule has 10 heteroatoms. The summed E-state index contributed by atoms with van der Waals surface area (Å²) in [6.45, 7) is 0. The molecule has 0 saturated carbocycles. The third kappa shape index (κ3) is 3.22. The van der Waals surface area contributed by atoms with Crippen LogP contribution in [0.25, 0.3) is 0 Å². The quantitative estimate of drug-likeness (QED) is 0.584. The van der Waals surface area contributed by atoms with Crippen LogP contribution in [0.4, 0.5) is 30.7 Å². The molecule has 0 amide bonds. The zero-order chi connectivity index (χ0) is 14.1. The lowest BCUT2D eigenvalue weighted by molar-refractivity contribution is -0.276. The van der Waals surface area contributed by atoms with Crippen LogP contribution in [0.5, 0.6) is 5.88 Å². The number of hydrogen-bond donors (Lipinski definition) is 0. The van der Waals surface area contributed by atoms with Gasteiger partial charge in [0, 0.05) is 6.07 Å². The van der Waals surface area contributed by atoms with E-state index in [1.165, 1.54) is 0 Å². The maximum Gasteiger partial charge on any atom is 0.574 e. The monoisotopic (exact) mass is 274 g/mol. The lowest BCUT2D eigenvalue weighted by Gasteiger charge is -2.12. The normalized spacial score (nSPS) is 12.1. The molecule has 0 aromatic carbocycles. The van der Waals surface area contributed by atoms with Crippen molar-refractivity contribution >= 4 is 0 Å². The molecule has 1 aromatic rings. The van der Waals surface area contributed by atoms with Crippen molar-refractivity contribution in [3.63, 3.8) is 0 Å². The third-order valence-corrected chi connectivity index (χ3v) is 1.59. The Morgan fingerprint density at radius 3 is 2.11 bits per heavy atom. The molecule has 0 radical (unpaired) electrons. The van der Waals surface area contributed by atoms with Gasteiger partial charge in [0.15, 0.2) is 0 Å². The summed E-state index contributed by atoms with van der Waals surface area (Å²) in [5, 5.41) is 8.29. The highest BCUT2D eigenvalue weighted by molar-refractivity contribution is 5.41. The summed E-state index contributed by atoms with van der Waals surface area (Å²) in [5.74, 6) is -3.63. The molecule has 0 aliphatic rings. The van der Waals surface area contributed by atoms with E-state index in [1.807, 2.05) is 0 Å². The van der Waals surface area contributed by atoms with Gasteiger partial charge in [0.1, 0.15) is 11.6 Å². The van der Waals surface area contributed by atoms with E-state index in [0.29, 0.717) is 0 Å². The van der Waals surface area contributed by atoms with Gasteiger partial charge < -0.3 is 4.74 Å². The molecule has 0 bridgehead atoms. The smallest absolute Gasteiger partial charge is 0.388 e.